The number of piperidine rings is 1. The first-order chi connectivity index (χ1) is 12.3. The Balaban J connectivity index is 1.67. The number of sulfonamides is 1. The van der Waals surface area contributed by atoms with Crippen molar-refractivity contribution in [3.8, 4) is 0 Å². The third kappa shape index (κ3) is 3.88. The molecule has 144 valence electrons. The fraction of sp³-hybridized carbons (Fsp3) is 0.632. The van der Waals surface area contributed by atoms with E-state index in [0.29, 0.717) is 43.4 Å². The molecule has 0 aromatic heterocycles. The molecular weight excluding hydrogens is 352 g/mol. The standard InChI is InChI=1S/C19H28N2O4S/c1-14(2)12-17-13-25-19(22)21(17)16-8-10-20(11-9-16)26(23,24)18-6-4-15(3)5-7-18/h4-7,14,16-17H,8-13H2,1-3H3. The summed E-state index contributed by atoms with van der Waals surface area (Å²) in [5.41, 5.74) is 1.03. The smallest absolute Gasteiger partial charge is 0.410 e. The van der Waals surface area contributed by atoms with Crippen molar-refractivity contribution in [3.05, 3.63) is 29.8 Å². The van der Waals surface area contributed by atoms with E-state index in [2.05, 4.69) is 13.8 Å². The van der Waals surface area contributed by atoms with Gasteiger partial charge in [0.05, 0.1) is 10.9 Å². The Morgan fingerprint density at radius 2 is 1.77 bits per heavy atom. The molecule has 2 heterocycles. The average molecular weight is 381 g/mol. The van der Waals surface area contributed by atoms with E-state index in [0.717, 1.165) is 12.0 Å². The number of amides is 1. The van der Waals surface area contributed by atoms with Crippen molar-refractivity contribution in [2.75, 3.05) is 19.7 Å². The van der Waals surface area contributed by atoms with Crippen molar-refractivity contribution < 1.29 is 17.9 Å². The van der Waals surface area contributed by atoms with E-state index < -0.39 is 10.0 Å². The lowest BCUT2D eigenvalue weighted by Crippen LogP contribution is -2.49. The van der Waals surface area contributed by atoms with Gasteiger partial charge in [-0.15, -0.1) is 0 Å². The summed E-state index contributed by atoms with van der Waals surface area (Å²) < 4.78 is 32.4. The van der Waals surface area contributed by atoms with Crippen molar-refractivity contribution in [3.63, 3.8) is 0 Å². The summed E-state index contributed by atoms with van der Waals surface area (Å²) in [6.07, 6.45) is 1.95. The zero-order valence-electron chi connectivity index (χ0n) is 15.7. The van der Waals surface area contributed by atoms with Gasteiger partial charge in [0.15, 0.2) is 0 Å². The fourth-order valence-corrected chi connectivity index (χ4v) is 5.33. The van der Waals surface area contributed by atoms with Crippen LogP contribution in [-0.4, -0.2) is 55.5 Å². The molecule has 7 heteroatoms. The highest BCUT2D eigenvalue weighted by Gasteiger charge is 2.40. The number of ether oxygens (including phenoxy) is 1. The second-order valence-electron chi connectivity index (χ2n) is 7.72. The van der Waals surface area contributed by atoms with E-state index >= 15 is 0 Å². The minimum absolute atomic E-state index is 0.0539. The molecule has 0 N–H and O–H groups in total. The summed E-state index contributed by atoms with van der Waals surface area (Å²) in [7, 11) is -3.47. The van der Waals surface area contributed by atoms with Gasteiger partial charge in [-0.05, 0) is 44.2 Å². The van der Waals surface area contributed by atoms with E-state index in [-0.39, 0.29) is 18.2 Å². The van der Waals surface area contributed by atoms with Crippen LogP contribution < -0.4 is 0 Å². The Labute approximate surface area is 156 Å². The number of carbonyl (C=O) groups is 1. The van der Waals surface area contributed by atoms with Gasteiger partial charge in [-0.1, -0.05) is 31.5 Å². The Kier molecular flexibility index (Phi) is 5.58. The maximum atomic E-state index is 12.8. The van der Waals surface area contributed by atoms with Crippen molar-refractivity contribution >= 4 is 16.1 Å². The van der Waals surface area contributed by atoms with Crippen LogP contribution in [0, 0.1) is 12.8 Å². The number of cyclic esters (lactones) is 1. The van der Waals surface area contributed by atoms with Crippen LogP contribution in [0.15, 0.2) is 29.2 Å². The predicted molar refractivity (Wildman–Crippen MR) is 99.4 cm³/mol. The van der Waals surface area contributed by atoms with Gasteiger partial charge >= 0.3 is 6.09 Å². The molecule has 6 nitrogen and oxygen atoms in total. The van der Waals surface area contributed by atoms with E-state index in [1.807, 2.05) is 24.0 Å². The molecule has 0 spiro atoms. The molecule has 2 aliphatic rings. The van der Waals surface area contributed by atoms with Gasteiger partial charge in [0.25, 0.3) is 0 Å². The van der Waals surface area contributed by atoms with Gasteiger partial charge in [0, 0.05) is 19.1 Å². The Morgan fingerprint density at radius 3 is 2.35 bits per heavy atom. The Morgan fingerprint density at radius 1 is 1.15 bits per heavy atom. The molecule has 2 aliphatic heterocycles. The van der Waals surface area contributed by atoms with Crippen LogP contribution in [0.3, 0.4) is 0 Å². The van der Waals surface area contributed by atoms with Gasteiger partial charge in [-0.3, -0.25) is 4.90 Å². The molecule has 26 heavy (non-hydrogen) atoms. The van der Waals surface area contributed by atoms with Crippen molar-refractivity contribution in [2.45, 2.75) is 57.0 Å². The summed E-state index contributed by atoms with van der Waals surface area (Å²) in [5.74, 6) is 0.485. The lowest BCUT2D eigenvalue weighted by atomic mass is 9.99. The van der Waals surface area contributed by atoms with Crippen LogP contribution in [0.4, 0.5) is 4.79 Å². The lowest BCUT2D eigenvalue weighted by molar-refractivity contribution is 0.121. The summed E-state index contributed by atoms with van der Waals surface area (Å²) in [5, 5.41) is 0. The molecule has 1 amide bonds. The van der Waals surface area contributed by atoms with E-state index in [1.165, 1.54) is 4.31 Å². The van der Waals surface area contributed by atoms with Gasteiger partial charge in [-0.25, -0.2) is 13.2 Å². The minimum Gasteiger partial charge on any atom is -0.447 e. The van der Waals surface area contributed by atoms with Crippen LogP contribution in [0.2, 0.25) is 0 Å². The van der Waals surface area contributed by atoms with Crippen molar-refractivity contribution in [1.29, 1.82) is 0 Å². The van der Waals surface area contributed by atoms with Crippen LogP contribution in [-0.2, 0) is 14.8 Å². The van der Waals surface area contributed by atoms with Crippen molar-refractivity contribution in [2.24, 2.45) is 5.92 Å². The molecule has 0 radical (unpaired) electrons. The molecular formula is C19H28N2O4S. The summed E-state index contributed by atoms with van der Waals surface area (Å²) in [4.78, 5) is 14.4. The topological polar surface area (TPSA) is 66.9 Å². The van der Waals surface area contributed by atoms with Crippen LogP contribution in [0.5, 0.6) is 0 Å². The van der Waals surface area contributed by atoms with Crippen LogP contribution >= 0.6 is 0 Å². The third-order valence-corrected chi connectivity index (χ3v) is 7.14. The number of carbonyl (C=O) groups excluding carboxylic acids is 1. The first-order valence-electron chi connectivity index (χ1n) is 9.31. The number of nitrogens with zero attached hydrogens (tertiary/aromatic N) is 2. The number of benzene rings is 1. The molecule has 1 atom stereocenters. The molecule has 2 fully saturated rings. The lowest BCUT2D eigenvalue weighted by Gasteiger charge is -2.37. The molecule has 2 saturated heterocycles. The van der Waals surface area contributed by atoms with Crippen LogP contribution in [0.1, 0.15) is 38.7 Å². The minimum atomic E-state index is -3.47. The van der Waals surface area contributed by atoms with Gasteiger partial charge in [0.1, 0.15) is 6.61 Å². The average Bonchev–Trinajstić information content (AvgIpc) is 2.95. The monoisotopic (exact) mass is 380 g/mol. The summed E-state index contributed by atoms with van der Waals surface area (Å²) >= 11 is 0. The maximum Gasteiger partial charge on any atom is 0.410 e. The molecule has 0 aliphatic carbocycles. The molecule has 1 aromatic rings. The Bertz CT molecular complexity index is 737. The zero-order valence-corrected chi connectivity index (χ0v) is 16.5. The number of hydrogen-bond acceptors (Lipinski definition) is 4. The second-order valence-corrected chi connectivity index (χ2v) is 9.65. The molecule has 1 unspecified atom stereocenters. The first kappa shape index (κ1) is 19.2. The summed E-state index contributed by atoms with van der Waals surface area (Å²) in [6, 6.07) is 7.11. The number of aryl methyl sites for hydroxylation is 1. The normalized spacial score (nSPS) is 22.8. The van der Waals surface area contributed by atoms with Gasteiger partial charge in [0.2, 0.25) is 10.0 Å². The van der Waals surface area contributed by atoms with Crippen LogP contribution in [0.25, 0.3) is 0 Å². The van der Waals surface area contributed by atoms with Crippen molar-refractivity contribution in [1.82, 2.24) is 9.21 Å². The molecule has 1 aromatic carbocycles. The molecule has 0 saturated carbocycles. The van der Waals surface area contributed by atoms with E-state index in [9.17, 15) is 13.2 Å². The SMILES string of the molecule is Cc1ccc(S(=O)(=O)N2CCC(N3C(=O)OCC3CC(C)C)CC2)cc1. The number of rotatable bonds is 5. The van der Waals surface area contributed by atoms with E-state index in [1.54, 1.807) is 12.1 Å². The first-order valence-corrected chi connectivity index (χ1v) is 10.7. The number of hydrogen-bond donors (Lipinski definition) is 0. The highest BCUT2D eigenvalue weighted by molar-refractivity contribution is 7.89. The quantitative estimate of drug-likeness (QED) is 0.787. The third-order valence-electron chi connectivity index (χ3n) is 5.22. The largest absolute Gasteiger partial charge is 0.447 e. The van der Waals surface area contributed by atoms with Gasteiger partial charge in [-0.2, -0.15) is 4.31 Å². The fourth-order valence-electron chi connectivity index (χ4n) is 3.86. The zero-order chi connectivity index (χ0) is 18.9. The maximum absolute atomic E-state index is 12.8. The summed E-state index contributed by atoms with van der Waals surface area (Å²) in [6.45, 7) is 7.51. The van der Waals surface area contributed by atoms with E-state index in [4.69, 9.17) is 4.74 Å². The highest BCUT2D eigenvalue weighted by Crippen LogP contribution is 2.29. The predicted octanol–water partition coefficient (Wildman–Crippen LogP) is 3.02. The molecule has 0 bridgehead atoms. The molecule has 3 rings (SSSR count). The van der Waals surface area contributed by atoms with Gasteiger partial charge < -0.3 is 4.74 Å². The Hall–Kier alpha value is -1.60. The highest BCUT2D eigenvalue weighted by atomic mass is 32.2. The second kappa shape index (κ2) is 7.56.